The Bertz CT molecular complexity index is 188. The maximum Gasteiger partial charge on any atom is 0.134 e. The van der Waals surface area contributed by atoms with Crippen molar-refractivity contribution in [3.8, 4) is 0 Å². The summed E-state index contributed by atoms with van der Waals surface area (Å²) in [6.45, 7) is 0.700. The van der Waals surface area contributed by atoms with Gasteiger partial charge in [0.15, 0.2) is 0 Å². The molecule has 0 aromatic rings. The molecule has 0 saturated carbocycles. The Morgan fingerprint density at radius 3 is 2.92 bits per heavy atom. The van der Waals surface area contributed by atoms with Gasteiger partial charge >= 0.3 is 0 Å². The average Bonchev–Trinajstić information content (AvgIpc) is 2.58. The van der Waals surface area contributed by atoms with Crippen LogP contribution in [0.3, 0.4) is 0 Å². The Labute approximate surface area is 70.4 Å². The zero-order chi connectivity index (χ0) is 8.77. The van der Waals surface area contributed by atoms with Crippen molar-refractivity contribution in [3.05, 3.63) is 0 Å². The summed E-state index contributed by atoms with van der Waals surface area (Å²) in [5, 5.41) is 20.4. The van der Waals surface area contributed by atoms with Crippen molar-refractivity contribution in [3.63, 3.8) is 0 Å². The molecule has 3 atom stereocenters. The molecule has 2 N–H and O–H groups in total. The van der Waals surface area contributed by atoms with Crippen LogP contribution in [0, 0.1) is 0 Å². The van der Waals surface area contributed by atoms with Gasteiger partial charge in [-0.3, -0.25) is 0 Å². The number of fused-ring (bicyclic) bond motifs is 2. The fourth-order valence-corrected chi connectivity index (χ4v) is 1.93. The number of aliphatic hydroxyl groups is 2. The van der Waals surface area contributed by atoms with Crippen LogP contribution in [0.4, 0.5) is 0 Å². The molecule has 0 aliphatic carbocycles. The first-order chi connectivity index (χ1) is 5.73. The summed E-state index contributed by atoms with van der Waals surface area (Å²) in [6.07, 6.45) is -0.637. The number of hydrogen-bond donors (Lipinski definition) is 2. The van der Waals surface area contributed by atoms with Crippen LogP contribution in [0.1, 0.15) is 0 Å². The monoisotopic (exact) mass is 175 g/mol. The van der Waals surface area contributed by atoms with Crippen LogP contribution in [0.5, 0.6) is 0 Å². The second kappa shape index (κ2) is 2.65. The second-order valence-corrected chi connectivity index (χ2v) is 3.30. The Hall–Kier alpha value is -0.200. The van der Waals surface area contributed by atoms with E-state index in [9.17, 15) is 5.11 Å². The van der Waals surface area contributed by atoms with E-state index in [1.54, 1.807) is 12.2 Å². The summed E-state index contributed by atoms with van der Waals surface area (Å²) in [5.74, 6) is 0. The molecule has 0 aromatic heterocycles. The molecular formula is C7H13NO4. The standard InChI is InChI=1S/C7H13NO4/c1-11-8-3-7(4-9)6(10)5(8)2-12-7/h5-6,9-10H,2-4H2,1H3/t5-,6-,7+/m0/s1. The third-order valence-corrected chi connectivity index (χ3v) is 2.74. The maximum absolute atomic E-state index is 9.67. The Morgan fingerprint density at radius 1 is 1.75 bits per heavy atom. The van der Waals surface area contributed by atoms with Crippen LogP contribution in [0.2, 0.25) is 0 Å². The highest BCUT2D eigenvalue weighted by Gasteiger charge is 2.59. The van der Waals surface area contributed by atoms with Gasteiger partial charge in [0.05, 0.1) is 32.9 Å². The molecular weight excluding hydrogens is 162 g/mol. The molecule has 2 heterocycles. The third-order valence-electron chi connectivity index (χ3n) is 2.74. The van der Waals surface area contributed by atoms with Gasteiger partial charge in [-0.2, -0.15) is 5.06 Å². The lowest BCUT2D eigenvalue weighted by atomic mass is 10.0. The minimum Gasteiger partial charge on any atom is -0.393 e. The van der Waals surface area contributed by atoms with Crippen molar-refractivity contribution in [1.82, 2.24) is 5.06 Å². The molecule has 12 heavy (non-hydrogen) atoms. The molecule has 0 radical (unpaired) electrons. The van der Waals surface area contributed by atoms with Crippen molar-refractivity contribution < 1.29 is 19.8 Å². The summed E-state index contributed by atoms with van der Waals surface area (Å²) in [6, 6.07) is -0.123. The van der Waals surface area contributed by atoms with E-state index in [-0.39, 0.29) is 12.6 Å². The summed E-state index contributed by atoms with van der Waals surface area (Å²) in [5.41, 5.74) is -0.805. The molecule has 0 aromatic carbocycles. The fraction of sp³-hybridized carbons (Fsp3) is 1.00. The summed E-state index contributed by atoms with van der Waals surface area (Å²) < 4.78 is 5.31. The average molecular weight is 175 g/mol. The van der Waals surface area contributed by atoms with Gasteiger partial charge in [-0.05, 0) is 0 Å². The van der Waals surface area contributed by atoms with Crippen molar-refractivity contribution in [2.75, 3.05) is 26.9 Å². The van der Waals surface area contributed by atoms with E-state index in [4.69, 9.17) is 14.7 Å². The van der Waals surface area contributed by atoms with Crippen molar-refractivity contribution in [2.45, 2.75) is 17.7 Å². The number of morpholine rings is 1. The minimum atomic E-state index is -0.805. The molecule has 2 fully saturated rings. The lowest BCUT2D eigenvalue weighted by Gasteiger charge is -2.29. The lowest BCUT2D eigenvalue weighted by Crippen LogP contribution is -2.45. The van der Waals surface area contributed by atoms with Crippen LogP contribution in [0.25, 0.3) is 0 Å². The van der Waals surface area contributed by atoms with Gasteiger partial charge in [-0.15, -0.1) is 0 Å². The predicted molar refractivity (Wildman–Crippen MR) is 39.3 cm³/mol. The molecule has 5 nitrogen and oxygen atoms in total. The van der Waals surface area contributed by atoms with Crippen LogP contribution >= 0.6 is 0 Å². The van der Waals surface area contributed by atoms with Crippen molar-refractivity contribution in [2.24, 2.45) is 0 Å². The zero-order valence-electron chi connectivity index (χ0n) is 6.93. The number of hydroxylamine groups is 2. The summed E-state index contributed by atoms with van der Waals surface area (Å²) >= 11 is 0. The first kappa shape index (κ1) is 8.40. The second-order valence-electron chi connectivity index (χ2n) is 3.30. The molecule has 0 spiro atoms. The molecule has 2 rings (SSSR count). The Kier molecular flexibility index (Phi) is 1.85. The van der Waals surface area contributed by atoms with E-state index in [0.717, 1.165) is 0 Å². The zero-order valence-corrected chi connectivity index (χ0v) is 6.93. The molecule has 2 bridgehead atoms. The molecule has 0 amide bonds. The quantitative estimate of drug-likeness (QED) is 0.526. The molecule has 2 aliphatic heterocycles. The van der Waals surface area contributed by atoms with Crippen LogP contribution < -0.4 is 0 Å². The fourth-order valence-electron chi connectivity index (χ4n) is 1.93. The van der Waals surface area contributed by atoms with Gasteiger partial charge in [0.1, 0.15) is 11.7 Å². The number of ether oxygens (including phenoxy) is 1. The number of aliphatic hydroxyl groups excluding tert-OH is 2. The van der Waals surface area contributed by atoms with E-state index in [1.807, 2.05) is 0 Å². The highest BCUT2D eigenvalue weighted by atomic mass is 16.7. The normalized spacial score (nSPS) is 47.2. The number of nitrogens with zero attached hydrogens (tertiary/aromatic N) is 1. The largest absolute Gasteiger partial charge is 0.393 e. The van der Waals surface area contributed by atoms with Crippen molar-refractivity contribution >= 4 is 0 Å². The first-order valence-corrected chi connectivity index (χ1v) is 3.97. The van der Waals surface area contributed by atoms with E-state index in [2.05, 4.69) is 0 Å². The van der Waals surface area contributed by atoms with E-state index >= 15 is 0 Å². The predicted octanol–water partition coefficient (Wildman–Crippen LogP) is -1.65. The summed E-state index contributed by atoms with van der Waals surface area (Å²) in [4.78, 5) is 5.02. The van der Waals surface area contributed by atoms with Gasteiger partial charge < -0.3 is 19.8 Å². The van der Waals surface area contributed by atoms with Crippen LogP contribution in [0.15, 0.2) is 0 Å². The van der Waals surface area contributed by atoms with E-state index in [0.29, 0.717) is 13.2 Å². The van der Waals surface area contributed by atoms with Gasteiger partial charge in [0.2, 0.25) is 0 Å². The van der Waals surface area contributed by atoms with Gasteiger partial charge in [0, 0.05) is 0 Å². The Morgan fingerprint density at radius 2 is 2.50 bits per heavy atom. The smallest absolute Gasteiger partial charge is 0.134 e. The molecule has 2 saturated heterocycles. The molecule has 5 heteroatoms. The summed E-state index contributed by atoms with van der Waals surface area (Å²) in [7, 11) is 1.55. The number of rotatable bonds is 2. The van der Waals surface area contributed by atoms with Crippen molar-refractivity contribution in [1.29, 1.82) is 0 Å². The SMILES string of the molecule is CON1C[C@]2(CO)OC[C@H]1[C@@H]2O. The van der Waals surface area contributed by atoms with Crippen LogP contribution in [-0.4, -0.2) is 59.9 Å². The molecule has 0 unspecified atom stereocenters. The van der Waals surface area contributed by atoms with Gasteiger partial charge in [0.25, 0.3) is 0 Å². The number of hydrogen-bond acceptors (Lipinski definition) is 5. The van der Waals surface area contributed by atoms with E-state index in [1.165, 1.54) is 0 Å². The molecule has 70 valence electrons. The minimum absolute atomic E-state index is 0.123. The first-order valence-electron chi connectivity index (χ1n) is 3.97. The Balaban J connectivity index is 2.18. The van der Waals surface area contributed by atoms with E-state index < -0.39 is 11.7 Å². The third kappa shape index (κ3) is 0.855. The lowest BCUT2D eigenvalue weighted by molar-refractivity contribution is -0.199. The van der Waals surface area contributed by atoms with Gasteiger partial charge in [-0.1, -0.05) is 0 Å². The molecule has 2 aliphatic rings. The van der Waals surface area contributed by atoms with Gasteiger partial charge in [-0.25, -0.2) is 0 Å². The highest BCUT2D eigenvalue weighted by Crippen LogP contribution is 2.37. The van der Waals surface area contributed by atoms with Crippen LogP contribution in [-0.2, 0) is 9.57 Å². The highest BCUT2D eigenvalue weighted by molar-refractivity contribution is 5.08. The topological polar surface area (TPSA) is 62.2 Å². The maximum atomic E-state index is 9.67.